The van der Waals surface area contributed by atoms with Crippen LogP contribution in [0.1, 0.15) is 42.5 Å². The highest BCUT2D eigenvalue weighted by Crippen LogP contribution is 2.18. The van der Waals surface area contributed by atoms with Gasteiger partial charge in [-0.3, -0.25) is 4.79 Å². The molecule has 1 saturated heterocycles. The van der Waals surface area contributed by atoms with Crippen LogP contribution in [-0.2, 0) is 0 Å². The van der Waals surface area contributed by atoms with Crippen molar-refractivity contribution in [1.29, 1.82) is 0 Å². The Morgan fingerprint density at radius 2 is 1.76 bits per heavy atom. The number of carbonyl (C=O) groups excluding carboxylic acids is 2. The van der Waals surface area contributed by atoms with Crippen LogP contribution in [0.25, 0.3) is 0 Å². The molecule has 2 aliphatic rings. The first-order valence-corrected chi connectivity index (χ1v) is 9.02. The molecule has 0 spiro atoms. The monoisotopic (exact) mass is 346 g/mol. The summed E-state index contributed by atoms with van der Waals surface area (Å²) in [6.07, 6.45) is 7.35. The van der Waals surface area contributed by atoms with E-state index >= 15 is 0 Å². The Bertz CT molecular complexity index is 591. The molecule has 1 aliphatic heterocycles. The van der Waals surface area contributed by atoms with Gasteiger partial charge in [0, 0.05) is 44.5 Å². The van der Waals surface area contributed by atoms with Crippen LogP contribution in [0.2, 0.25) is 0 Å². The number of piperazine rings is 1. The van der Waals surface area contributed by atoms with Crippen molar-refractivity contribution in [3.05, 3.63) is 23.9 Å². The molecule has 2 heterocycles. The van der Waals surface area contributed by atoms with Crippen LogP contribution in [0.4, 0.5) is 4.79 Å². The molecule has 1 aromatic rings. The predicted octanol–water partition coefficient (Wildman–Crippen LogP) is 1.89. The zero-order chi connectivity index (χ0) is 17.6. The van der Waals surface area contributed by atoms with Crippen LogP contribution in [0, 0.1) is 0 Å². The summed E-state index contributed by atoms with van der Waals surface area (Å²) in [5.74, 6) is 0.434. The summed E-state index contributed by atoms with van der Waals surface area (Å²) < 4.78 is 5.01. The first-order valence-electron chi connectivity index (χ1n) is 9.02. The second-order valence-electron chi connectivity index (χ2n) is 6.65. The van der Waals surface area contributed by atoms with Crippen LogP contribution in [-0.4, -0.2) is 66.1 Å². The Labute approximate surface area is 148 Å². The minimum Gasteiger partial charge on any atom is -0.481 e. The normalized spacial score (nSPS) is 18.8. The number of nitrogens with one attached hydrogen (secondary N) is 1. The molecule has 0 radical (unpaired) electrons. The number of rotatable bonds is 3. The van der Waals surface area contributed by atoms with Crippen LogP contribution in [0.15, 0.2) is 18.3 Å². The molecule has 1 aromatic heterocycles. The Kier molecular flexibility index (Phi) is 5.73. The number of carbonyl (C=O) groups is 2. The standard InChI is InChI=1S/C18H26N4O3/c1-25-16-8-7-14(13-19-16)17(23)21-9-11-22(12-10-21)18(24)20-15-5-3-2-4-6-15/h7-8,13,15H,2-6,9-12H2,1H3,(H,20,24). The van der Waals surface area contributed by atoms with Gasteiger partial charge in [-0.05, 0) is 18.9 Å². The smallest absolute Gasteiger partial charge is 0.317 e. The molecule has 0 aromatic carbocycles. The zero-order valence-corrected chi connectivity index (χ0v) is 14.7. The topological polar surface area (TPSA) is 74.8 Å². The number of amides is 3. The van der Waals surface area contributed by atoms with E-state index < -0.39 is 0 Å². The lowest BCUT2D eigenvalue weighted by molar-refractivity contribution is 0.0662. The lowest BCUT2D eigenvalue weighted by Crippen LogP contribution is -2.54. The van der Waals surface area contributed by atoms with Gasteiger partial charge in [0.25, 0.3) is 5.91 Å². The third-order valence-corrected chi connectivity index (χ3v) is 4.98. The molecule has 1 aliphatic carbocycles. The predicted molar refractivity (Wildman–Crippen MR) is 93.7 cm³/mol. The fourth-order valence-electron chi connectivity index (χ4n) is 3.44. The molecule has 1 saturated carbocycles. The number of hydrogen-bond acceptors (Lipinski definition) is 4. The van der Waals surface area contributed by atoms with E-state index in [9.17, 15) is 9.59 Å². The highest BCUT2D eigenvalue weighted by molar-refractivity contribution is 5.94. The van der Waals surface area contributed by atoms with Gasteiger partial charge in [0.2, 0.25) is 5.88 Å². The fourth-order valence-corrected chi connectivity index (χ4v) is 3.44. The number of ether oxygens (including phenoxy) is 1. The van der Waals surface area contributed by atoms with Gasteiger partial charge in [-0.15, -0.1) is 0 Å². The molecule has 7 heteroatoms. The molecule has 1 N–H and O–H groups in total. The molecular weight excluding hydrogens is 320 g/mol. The molecule has 136 valence electrons. The van der Waals surface area contributed by atoms with Crippen molar-refractivity contribution in [2.24, 2.45) is 0 Å². The Morgan fingerprint density at radius 3 is 2.36 bits per heavy atom. The van der Waals surface area contributed by atoms with Crippen molar-refractivity contribution >= 4 is 11.9 Å². The van der Waals surface area contributed by atoms with E-state index in [1.165, 1.54) is 25.5 Å². The average molecular weight is 346 g/mol. The third kappa shape index (κ3) is 4.41. The minimum atomic E-state index is -0.0532. The van der Waals surface area contributed by atoms with E-state index in [4.69, 9.17) is 4.74 Å². The Hall–Kier alpha value is -2.31. The van der Waals surface area contributed by atoms with Crippen molar-refractivity contribution in [3.63, 3.8) is 0 Å². The van der Waals surface area contributed by atoms with Gasteiger partial charge in [0.15, 0.2) is 0 Å². The molecule has 7 nitrogen and oxygen atoms in total. The molecule has 2 fully saturated rings. The Morgan fingerprint density at radius 1 is 1.08 bits per heavy atom. The summed E-state index contributed by atoms with van der Waals surface area (Å²) >= 11 is 0. The molecule has 25 heavy (non-hydrogen) atoms. The first-order chi connectivity index (χ1) is 12.2. The molecule has 3 amide bonds. The summed E-state index contributed by atoms with van der Waals surface area (Å²) in [5, 5.41) is 3.14. The summed E-state index contributed by atoms with van der Waals surface area (Å²) in [6, 6.07) is 3.72. The SMILES string of the molecule is COc1ccc(C(=O)N2CCN(C(=O)NC3CCCCC3)CC2)cn1. The highest BCUT2D eigenvalue weighted by Gasteiger charge is 2.26. The lowest BCUT2D eigenvalue weighted by Gasteiger charge is -2.36. The van der Waals surface area contributed by atoms with Gasteiger partial charge in [0.1, 0.15) is 0 Å². The van der Waals surface area contributed by atoms with Gasteiger partial charge in [-0.2, -0.15) is 0 Å². The van der Waals surface area contributed by atoms with E-state index in [1.807, 2.05) is 4.90 Å². The van der Waals surface area contributed by atoms with E-state index in [0.29, 0.717) is 43.7 Å². The van der Waals surface area contributed by atoms with E-state index in [2.05, 4.69) is 10.3 Å². The molecular formula is C18H26N4O3. The molecule has 0 atom stereocenters. The maximum atomic E-state index is 12.5. The van der Waals surface area contributed by atoms with Crippen LogP contribution in [0.3, 0.4) is 0 Å². The quantitative estimate of drug-likeness (QED) is 0.907. The number of hydrogen-bond donors (Lipinski definition) is 1. The van der Waals surface area contributed by atoms with Gasteiger partial charge >= 0.3 is 6.03 Å². The summed E-state index contributed by atoms with van der Waals surface area (Å²) in [5.41, 5.74) is 0.543. The minimum absolute atomic E-state index is 0.00473. The van der Waals surface area contributed by atoms with Gasteiger partial charge in [-0.1, -0.05) is 19.3 Å². The van der Waals surface area contributed by atoms with Crippen molar-refractivity contribution in [2.45, 2.75) is 38.1 Å². The van der Waals surface area contributed by atoms with Crippen molar-refractivity contribution in [2.75, 3.05) is 33.3 Å². The summed E-state index contributed by atoms with van der Waals surface area (Å²) in [6.45, 7) is 2.22. The van der Waals surface area contributed by atoms with E-state index in [1.54, 1.807) is 24.1 Å². The fraction of sp³-hybridized carbons (Fsp3) is 0.611. The van der Waals surface area contributed by atoms with Crippen molar-refractivity contribution in [1.82, 2.24) is 20.1 Å². The zero-order valence-electron chi connectivity index (χ0n) is 14.7. The number of aromatic nitrogens is 1. The van der Waals surface area contributed by atoms with E-state index in [0.717, 1.165) is 12.8 Å². The number of pyridine rings is 1. The Balaban J connectivity index is 1.48. The number of urea groups is 1. The largest absolute Gasteiger partial charge is 0.481 e. The highest BCUT2D eigenvalue weighted by atomic mass is 16.5. The number of nitrogens with zero attached hydrogens (tertiary/aromatic N) is 3. The van der Waals surface area contributed by atoms with E-state index in [-0.39, 0.29) is 11.9 Å². The lowest BCUT2D eigenvalue weighted by atomic mass is 9.96. The van der Waals surface area contributed by atoms with Gasteiger partial charge in [-0.25, -0.2) is 9.78 Å². The molecule has 3 rings (SSSR count). The average Bonchev–Trinajstić information content (AvgIpc) is 2.68. The second kappa shape index (κ2) is 8.18. The maximum Gasteiger partial charge on any atom is 0.317 e. The third-order valence-electron chi connectivity index (χ3n) is 4.98. The van der Waals surface area contributed by atoms with Crippen LogP contribution >= 0.6 is 0 Å². The molecule has 0 bridgehead atoms. The van der Waals surface area contributed by atoms with Gasteiger partial charge < -0.3 is 19.9 Å². The first kappa shape index (κ1) is 17.5. The summed E-state index contributed by atoms with van der Waals surface area (Å²) in [4.78, 5) is 32.5. The summed E-state index contributed by atoms with van der Waals surface area (Å²) in [7, 11) is 1.54. The van der Waals surface area contributed by atoms with Crippen LogP contribution < -0.4 is 10.1 Å². The van der Waals surface area contributed by atoms with Crippen molar-refractivity contribution in [3.8, 4) is 5.88 Å². The van der Waals surface area contributed by atoms with Crippen molar-refractivity contribution < 1.29 is 14.3 Å². The molecule has 0 unspecified atom stereocenters. The second-order valence-corrected chi connectivity index (χ2v) is 6.65. The van der Waals surface area contributed by atoms with Gasteiger partial charge in [0.05, 0.1) is 12.7 Å². The maximum absolute atomic E-state index is 12.5. The van der Waals surface area contributed by atoms with Crippen LogP contribution in [0.5, 0.6) is 5.88 Å². The number of methoxy groups -OCH3 is 1.